The summed E-state index contributed by atoms with van der Waals surface area (Å²) in [4.78, 5) is 25.2. The Morgan fingerprint density at radius 3 is 2.25 bits per heavy atom. The normalized spacial score (nSPS) is 14.8. The molecule has 5 aromatic rings. The van der Waals surface area contributed by atoms with E-state index in [1.54, 1.807) is 12.1 Å². The molecule has 10 nitrogen and oxygen atoms in total. The van der Waals surface area contributed by atoms with E-state index in [2.05, 4.69) is 77.6 Å². The second kappa shape index (κ2) is 17.9. The van der Waals surface area contributed by atoms with Crippen molar-refractivity contribution in [2.45, 2.75) is 57.1 Å². The smallest absolute Gasteiger partial charge is 0.290 e. The van der Waals surface area contributed by atoms with Gasteiger partial charge in [0.15, 0.2) is 0 Å². The van der Waals surface area contributed by atoms with Crippen LogP contribution in [0.5, 0.6) is 17.2 Å². The first-order chi connectivity index (χ1) is 25.1. The Kier molecular flexibility index (Phi) is 13.1. The van der Waals surface area contributed by atoms with Crippen molar-refractivity contribution in [1.82, 2.24) is 15.2 Å². The number of carbonyl (C=O) groups is 1. The van der Waals surface area contributed by atoms with Gasteiger partial charge >= 0.3 is 0 Å². The highest BCUT2D eigenvalue weighted by Gasteiger charge is 2.40. The Balaban J connectivity index is 0.00000168. The number of carboxylic acid groups (broad SMARTS) is 1. The fourth-order valence-corrected chi connectivity index (χ4v) is 7.18. The van der Waals surface area contributed by atoms with E-state index in [9.17, 15) is 20.1 Å². The van der Waals surface area contributed by atoms with Crippen molar-refractivity contribution in [1.29, 1.82) is 0 Å². The number of hydrogen-bond donors (Lipinski definition) is 6. The molecule has 1 aromatic heterocycles. The number of rotatable bonds is 13. The molecule has 0 radical (unpaired) electrons. The maximum absolute atomic E-state index is 11.7. The van der Waals surface area contributed by atoms with Crippen LogP contribution in [-0.4, -0.2) is 75.6 Å². The number of phenols is 2. The third-order valence-corrected chi connectivity index (χ3v) is 10.1. The van der Waals surface area contributed by atoms with Gasteiger partial charge in [0.25, 0.3) is 6.47 Å². The van der Waals surface area contributed by atoms with Crippen LogP contribution in [0.25, 0.3) is 10.9 Å². The summed E-state index contributed by atoms with van der Waals surface area (Å²) in [5.74, 6) is 1.14. The number of nitrogens with zero attached hydrogens (tertiary/aromatic N) is 1. The maximum atomic E-state index is 11.7. The van der Waals surface area contributed by atoms with E-state index in [-0.39, 0.29) is 23.2 Å². The molecular weight excluding hydrogens is 658 g/mol. The van der Waals surface area contributed by atoms with Crippen molar-refractivity contribution in [3.63, 3.8) is 0 Å². The summed E-state index contributed by atoms with van der Waals surface area (Å²) < 4.78 is 6.13. The fraction of sp³-hybridized carbons (Fsp3) is 0.333. The van der Waals surface area contributed by atoms with E-state index in [4.69, 9.17) is 14.6 Å². The standard InChI is InChI=1S/C41H47N3O5.CH2O2/c1-28(2)44-23-20-41(21-24-44,31-6-4-3-5-7-31)35-26-30(10-15-36(35)45)19-25-49-32-11-8-29(9-12-32)18-22-42-27-38(47)33-13-16-37(46)40-34(33)14-17-39(48)43-40;2-1-3/h3-17,26,28,38,42,45-47H,18-25,27H2,1-2H3,(H,43,48);1H,(H,2,3)/t38-;/m0./s1. The van der Waals surface area contributed by atoms with Crippen molar-refractivity contribution in [3.8, 4) is 17.2 Å². The summed E-state index contributed by atoms with van der Waals surface area (Å²) in [6.07, 6.45) is 2.64. The Bertz CT molecular complexity index is 1950. The molecule has 1 fully saturated rings. The Morgan fingerprint density at radius 1 is 0.885 bits per heavy atom. The zero-order valence-corrected chi connectivity index (χ0v) is 29.8. The predicted octanol–water partition coefficient (Wildman–Crippen LogP) is 5.92. The molecule has 0 aliphatic carbocycles. The molecule has 4 aromatic carbocycles. The largest absolute Gasteiger partial charge is 0.508 e. The average Bonchev–Trinajstić information content (AvgIpc) is 3.15. The SMILES string of the molecule is CC(C)N1CCC(c2ccccc2)(c2cc(CCOc3ccc(CCNC[C@H](O)c4ccc(O)c5[nH]c(=O)ccc45)cc3)ccc2O)CC1.O=CO. The molecule has 1 aliphatic heterocycles. The number of ether oxygens (including phenoxy) is 1. The Morgan fingerprint density at radius 2 is 1.56 bits per heavy atom. The highest BCUT2D eigenvalue weighted by Crippen LogP contribution is 2.45. The minimum absolute atomic E-state index is 0.0246. The molecule has 274 valence electrons. The minimum atomic E-state index is -0.795. The first-order valence-electron chi connectivity index (χ1n) is 17.8. The molecule has 0 saturated carbocycles. The fourth-order valence-electron chi connectivity index (χ4n) is 7.18. The van der Waals surface area contributed by atoms with Gasteiger partial charge in [-0.2, -0.15) is 0 Å². The number of aromatic nitrogens is 1. The van der Waals surface area contributed by atoms with E-state index in [1.165, 1.54) is 17.7 Å². The lowest BCUT2D eigenvalue weighted by molar-refractivity contribution is -0.122. The number of pyridine rings is 1. The highest BCUT2D eigenvalue weighted by atomic mass is 16.5. The molecule has 52 heavy (non-hydrogen) atoms. The molecule has 6 N–H and O–H groups in total. The molecule has 1 saturated heterocycles. The number of piperidine rings is 1. The van der Waals surface area contributed by atoms with Crippen LogP contribution in [0.15, 0.2) is 102 Å². The molecule has 10 heteroatoms. The van der Waals surface area contributed by atoms with Crippen molar-refractivity contribution >= 4 is 17.4 Å². The van der Waals surface area contributed by atoms with Gasteiger partial charge in [0.1, 0.15) is 17.2 Å². The summed E-state index contributed by atoms with van der Waals surface area (Å²) in [5, 5.41) is 42.9. The van der Waals surface area contributed by atoms with E-state index < -0.39 is 6.10 Å². The third-order valence-electron chi connectivity index (χ3n) is 10.1. The molecule has 1 aliphatic rings. The lowest BCUT2D eigenvalue weighted by Crippen LogP contribution is -2.45. The van der Waals surface area contributed by atoms with Crippen LogP contribution in [0, 0.1) is 0 Å². The lowest BCUT2D eigenvalue weighted by Gasteiger charge is -2.44. The summed E-state index contributed by atoms with van der Waals surface area (Å²) in [7, 11) is 0. The van der Waals surface area contributed by atoms with Crippen molar-refractivity contribution in [2.75, 3.05) is 32.8 Å². The maximum Gasteiger partial charge on any atom is 0.290 e. The molecule has 6 rings (SSSR count). The quantitative estimate of drug-likeness (QED) is 0.0647. The van der Waals surface area contributed by atoms with Crippen LogP contribution in [-0.2, 0) is 23.1 Å². The molecular formula is C42H49N3O7. The number of aromatic hydroxyl groups is 2. The van der Waals surface area contributed by atoms with Crippen LogP contribution in [0.1, 0.15) is 60.6 Å². The number of aromatic amines is 1. The number of H-pyrrole nitrogens is 1. The molecule has 2 heterocycles. The molecule has 0 bridgehead atoms. The zero-order valence-electron chi connectivity index (χ0n) is 29.8. The molecule has 1 atom stereocenters. The first-order valence-corrected chi connectivity index (χ1v) is 17.8. The topological polar surface area (TPSA) is 155 Å². The second-order valence-electron chi connectivity index (χ2n) is 13.5. The van der Waals surface area contributed by atoms with Gasteiger partial charge in [0, 0.05) is 41.4 Å². The number of benzene rings is 4. The molecule has 0 amide bonds. The van der Waals surface area contributed by atoms with Crippen LogP contribution in [0.3, 0.4) is 0 Å². The van der Waals surface area contributed by atoms with Gasteiger partial charge in [0.2, 0.25) is 5.56 Å². The van der Waals surface area contributed by atoms with Gasteiger partial charge in [-0.05, 0) is 105 Å². The summed E-state index contributed by atoms with van der Waals surface area (Å²) >= 11 is 0. The summed E-state index contributed by atoms with van der Waals surface area (Å²) in [5.41, 5.74) is 5.01. The monoisotopic (exact) mass is 707 g/mol. The van der Waals surface area contributed by atoms with Gasteiger partial charge in [-0.15, -0.1) is 0 Å². The molecule has 0 unspecified atom stereocenters. The van der Waals surface area contributed by atoms with Crippen LogP contribution in [0.2, 0.25) is 0 Å². The number of aliphatic hydroxyl groups excluding tert-OH is 1. The number of nitrogens with one attached hydrogen (secondary N) is 2. The van der Waals surface area contributed by atoms with E-state index >= 15 is 0 Å². The van der Waals surface area contributed by atoms with Gasteiger partial charge in [-0.3, -0.25) is 9.59 Å². The van der Waals surface area contributed by atoms with E-state index in [1.807, 2.05) is 24.3 Å². The number of aliphatic hydroxyl groups is 1. The predicted molar refractivity (Wildman–Crippen MR) is 203 cm³/mol. The zero-order chi connectivity index (χ0) is 37.1. The summed E-state index contributed by atoms with van der Waals surface area (Å²) in [6.45, 7) is 7.78. The van der Waals surface area contributed by atoms with Crippen molar-refractivity contribution in [3.05, 3.63) is 135 Å². The lowest BCUT2D eigenvalue weighted by atomic mass is 9.67. The van der Waals surface area contributed by atoms with E-state index in [0.29, 0.717) is 48.0 Å². The average molecular weight is 708 g/mol. The van der Waals surface area contributed by atoms with Crippen molar-refractivity contribution < 1.29 is 30.0 Å². The van der Waals surface area contributed by atoms with Gasteiger partial charge in [-0.1, -0.05) is 60.7 Å². The van der Waals surface area contributed by atoms with Crippen LogP contribution in [0.4, 0.5) is 0 Å². The Hall–Kier alpha value is -5.16. The van der Waals surface area contributed by atoms with E-state index in [0.717, 1.165) is 61.2 Å². The van der Waals surface area contributed by atoms with Gasteiger partial charge in [0.05, 0.1) is 18.2 Å². The van der Waals surface area contributed by atoms with Gasteiger partial charge in [-0.25, -0.2) is 0 Å². The highest BCUT2D eigenvalue weighted by molar-refractivity contribution is 5.87. The number of likely N-dealkylation sites (tertiary alicyclic amines) is 1. The first kappa shape index (κ1) is 38.1. The number of hydrogen-bond acceptors (Lipinski definition) is 8. The van der Waals surface area contributed by atoms with Crippen LogP contribution < -0.4 is 15.6 Å². The Labute approximate surface area is 304 Å². The third kappa shape index (κ3) is 9.19. The summed E-state index contributed by atoms with van der Waals surface area (Å²) in [6, 6.07) is 31.5. The minimum Gasteiger partial charge on any atom is -0.508 e. The van der Waals surface area contributed by atoms with Crippen LogP contribution >= 0.6 is 0 Å². The van der Waals surface area contributed by atoms with Gasteiger partial charge < -0.3 is 40.4 Å². The van der Waals surface area contributed by atoms with Crippen molar-refractivity contribution in [2.24, 2.45) is 0 Å². The number of phenolic OH excluding ortho intramolecular Hbond substituents is 2. The second-order valence-corrected chi connectivity index (χ2v) is 13.5. The molecule has 0 spiro atoms. The number of fused-ring (bicyclic) bond motifs is 1.